The van der Waals surface area contributed by atoms with Crippen molar-refractivity contribution in [1.82, 2.24) is 4.90 Å². The lowest BCUT2D eigenvalue weighted by Crippen LogP contribution is -2.35. The van der Waals surface area contributed by atoms with Gasteiger partial charge in [-0.2, -0.15) is 0 Å². The van der Waals surface area contributed by atoms with Gasteiger partial charge in [0, 0.05) is 13.7 Å². The maximum Gasteiger partial charge on any atom is 0.119 e. The Labute approximate surface area is 133 Å². The summed E-state index contributed by atoms with van der Waals surface area (Å²) in [6, 6.07) is 20.8. The third kappa shape index (κ3) is 3.57. The van der Waals surface area contributed by atoms with Crippen LogP contribution in [0.2, 0.25) is 0 Å². The average molecular weight is 293 g/mol. The Kier molecular flexibility index (Phi) is 5.77. The highest BCUT2D eigenvalue weighted by Gasteiger charge is 2.34. The molecule has 2 nitrogen and oxygen atoms in total. The molecule has 0 spiro atoms. The second-order valence-electron chi connectivity index (χ2n) is 5.46. The molecular formula is C20H23NO. The van der Waals surface area contributed by atoms with Crippen molar-refractivity contribution >= 4 is 0 Å². The van der Waals surface area contributed by atoms with E-state index in [2.05, 4.69) is 59.4 Å². The zero-order chi connectivity index (χ0) is 15.8. The first-order valence-corrected chi connectivity index (χ1v) is 7.51. The molecule has 0 saturated heterocycles. The molecule has 0 aliphatic rings. The molecule has 2 aromatic carbocycles. The number of rotatable bonds is 7. The third-order valence-corrected chi connectivity index (χ3v) is 4.04. The molecule has 114 valence electrons. The van der Waals surface area contributed by atoms with Crippen molar-refractivity contribution in [3.63, 3.8) is 0 Å². The Bertz CT molecular complexity index is 561. The van der Waals surface area contributed by atoms with Crippen LogP contribution in [0.15, 0.2) is 60.7 Å². The van der Waals surface area contributed by atoms with Crippen molar-refractivity contribution in [2.75, 3.05) is 27.2 Å². The van der Waals surface area contributed by atoms with Gasteiger partial charge in [0.1, 0.15) is 5.60 Å². The Hall–Kier alpha value is -2.08. The predicted octanol–water partition coefficient (Wildman–Crippen LogP) is 3.53. The number of hydrogen-bond acceptors (Lipinski definition) is 2. The molecule has 0 aliphatic heterocycles. The van der Waals surface area contributed by atoms with E-state index in [9.17, 15) is 0 Å². The lowest BCUT2D eigenvalue weighted by molar-refractivity contribution is 0.00868. The first kappa shape index (κ1) is 16.3. The number of nitrogens with zero attached hydrogens (tertiary/aromatic N) is 1. The molecule has 2 heteroatoms. The Morgan fingerprint density at radius 1 is 1.00 bits per heavy atom. The zero-order valence-electron chi connectivity index (χ0n) is 13.3. The summed E-state index contributed by atoms with van der Waals surface area (Å²) in [5.41, 5.74) is 1.88. The minimum absolute atomic E-state index is 0.453. The van der Waals surface area contributed by atoms with E-state index in [0.29, 0.717) is 6.54 Å². The van der Waals surface area contributed by atoms with E-state index in [1.54, 1.807) is 7.11 Å². The molecule has 0 saturated carbocycles. The van der Waals surface area contributed by atoms with Crippen LogP contribution in [0, 0.1) is 12.3 Å². The van der Waals surface area contributed by atoms with E-state index >= 15 is 0 Å². The van der Waals surface area contributed by atoms with Crippen molar-refractivity contribution in [2.45, 2.75) is 12.0 Å². The van der Waals surface area contributed by atoms with Gasteiger partial charge in [0.2, 0.25) is 0 Å². The standard InChI is InChI=1S/C20H23NO/c1-4-16-21(2)17-15-20(22-3,18-11-7-5-8-12-18)19-13-9-6-10-14-19/h1,5-14H,15-17H2,2-3H3. The highest BCUT2D eigenvalue weighted by Crippen LogP contribution is 2.36. The average Bonchev–Trinajstić information content (AvgIpc) is 2.58. The Balaban J connectivity index is 2.38. The summed E-state index contributed by atoms with van der Waals surface area (Å²) in [6.45, 7) is 1.51. The van der Waals surface area contributed by atoms with Crippen molar-refractivity contribution in [3.8, 4) is 12.3 Å². The third-order valence-electron chi connectivity index (χ3n) is 4.04. The van der Waals surface area contributed by atoms with Gasteiger partial charge in [-0.3, -0.25) is 4.90 Å². The molecular weight excluding hydrogens is 270 g/mol. The fourth-order valence-electron chi connectivity index (χ4n) is 2.79. The minimum atomic E-state index is -0.453. The van der Waals surface area contributed by atoms with Gasteiger partial charge < -0.3 is 4.74 Å². The summed E-state index contributed by atoms with van der Waals surface area (Å²) >= 11 is 0. The zero-order valence-corrected chi connectivity index (χ0v) is 13.3. The summed E-state index contributed by atoms with van der Waals surface area (Å²) in [5, 5.41) is 0. The molecule has 2 rings (SSSR count). The van der Waals surface area contributed by atoms with E-state index in [1.165, 1.54) is 0 Å². The van der Waals surface area contributed by atoms with Crippen molar-refractivity contribution < 1.29 is 4.74 Å². The van der Waals surface area contributed by atoms with Gasteiger partial charge in [-0.05, 0) is 24.6 Å². The summed E-state index contributed by atoms with van der Waals surface area (Å²) < 4.78 is 6.06. The highest BCUT2D eigenvalue weighted by atomic mass is 16.5. The van der Waals surface area contributed by atoms with Crippen LogP contribution in [0.25, 0.3) is 0 Å². The minimum Gasteiger partial charge on any atom is -0.369 e. The van der Waals surface area contributed by atoms with Gasteiger partial charge in [0.05, 0.1) is 6.54 Å². The Morgan fingerprint density at radius 2 is 1.50 bits per heavy atom. The van der Waals surface area contributed by atoms with E-state index in [1.807, 2.05) is 19.2 Å². The van der Waals surface area contributed by atoms with Crippen LogP contribution >= 0.6 is 0 Å². The maximum absolute atomic E-state index is 6.06. The Morgan fingerprint density at radius 3 is 1.91 bits per heavy atom. The van der Waals surface area contributed by atoms with Crippen LogP contribution in [0.5, 0.6) is 0 Å². The summed E-state index contributed by atoms with van der Waals surface area (Å²) in [4.78, 5) is 2.14. The second-order valence-corrected chi connectivity index (χ2v) is 5.46. The lowest BCUT2D eigenvalue weighted by Gasteiger charge is -2.35. The van der Waals surface area contributed by atoms with Crippen molar-refractivity contribution in [1.29, 1.82) is 0 Å². The van der Waals surface area contributed by atoms with Crippen LogP contribution in [0.3, 0.4) is 0 Å². The largest absolute Gasteiger partial charge is 0.369 e. The van der Waals surface area contributed by atoms with Crippen LogP contribution in [0.1, 0.15) is 17.5 Å². The first-order valence-electron chi connectivity index (χ1n) is 7.51. The molecule has 0 unspecified atom stereocenters. The molecule has 0 amide bonds. The topological polar surface area (TPSA) is 12.5 Å². The van der Waals surface area contributed by atoms with Gasteiger partial charge >= 0.3 is 0 Å². The van der Waals surface area contributed by atoms with Gasteiger partial charge in [0.15, 0.2) is 0 Å². The summed E-state index contributed by atoms with van der Waals surface area (Å²) in [5.74, 6) is 2.69. The molecule has 0 aliphatic carbocycles. The predicted molar refractivity (Wildman–Crippen MR) is 91.6 cm³/mol. The van der Waals surface area contributed by atoms with Gasteiger partial charge in [-0.25, -0.2) is 0 Å². The number of terminal acetylenes is 1. The number of hydrogen-bond donors (Lipinski definition) is 0. The molecule has 0 heterocycles. The van der Waals surface area contributed by atoms with Crippen LogP contribution in [-0.2, 0) is 10.3 Å². The lowest BCUT2D eigenvalue weighted by atomic mass is 9.83. The summed E-state index contributed by atoms with van der Waals surface area (Å²) in [7, 11) is 3.82. The number of ether oxygens (including phenoxy) is 1. The molecule has 2 aromatic rings. The fraction of sp³-hybridized carbons (Fsp3) is 0.300. The van der Waals surface area contributed by atoms with Crippen molar-refractivity contribution in [2.24, 2.45) is 0 Å². The first-order chi connectivity index (χ1) is 10.7. The molecule has 0 radical (unpaired) electrons. The van der Waals surface area contributed by atoms with Crippen LogP contribution in [0.4, 0.5) is 0 Å². The molecule has 0 fully saturated rings. The molecule has 0 N–H and O–H groups in total. The van der Waals surface area contributed by atoms with Crippen molar-refractivity contribution in [3.05, 3.63) is 71.8 Å². The highest BCUT2D eigenvalue weighted by molar-refractivity contribution is 5.36. The van der Waals surface area contributed by atoms with Gasteiger partial charge in [0.25, 0.3) is 0 Å². The number of methoxy groups -OCH3 is 1. The molecule has 0 aromatic heterocycles. The quantitative estimate of drug-likeness (QED) is 0.724. The fourth-order valence-corrected chi connectivity index (χ4v) is 2.79. The normalized spacial score (nSPS) is 11.4. The van der Waals surface area contributed by atoms with Gasteiger partial charge in [-0.1, -0.05) is 66.6 Å². The maximum atomic E-state index is 6.06. The monoisotopic (exact) mass is 293 g/mol. The van der Waals surface area contributed by atoms with E-state index < -0.39 is 5.60 Å². The smallest absolute Gasteiger partial charge is 0.119 e. The van der Waals surface area contributed by atoms with E-state index in [4.69, 9.17) is 11.2 Å². The van der Waals surface area contributed by atoms with Crippen LogP contribution < -0.4 is 0 Å². The van der Waals surface area contributed by atoms with E-state index in [-0.39, 0.29) is 0 Å². The second kappa shape index (κ2) is 7.79. The molecule has 0 bridgehead atoms. The number of benzene rings is 2. The van der Waals surface area contributed by atoms with Gasteiger partial charge in [-0.15, -0.1) is 6.42 Å². The van der Waals surface area contributed by atoms with Crippen LogP contribution in [-0.4, -0.2) is 32.1 Å². The summed E-state index contributed by atoms with van der Waals surface area (Å²) in [6.07, 6.45) is 6.24. The SMILES string of the molecule is C#CCN(C)CCC(OC)(c1ccccc1)c1ccccc1. The molecule has 22 heavy (non-hydrogen) atoms. The van der Waals surface area contributed by atoms with E-state index in [0.717, 1.165) is 24.1 Å². The molecule has 0 atom stereocenters.